The molecule has 0 saturated heterocycles. The van der Waals surface area contributed by atoms with Crippen molar-refractivity contribution in [3.8, 4) is 0 Å². The van der Waals surface area contributed by atoms with Crippen molar-refractivity contribution in [2.45, 2.75) is 0 Å². The quantitative estimate of drug-likeness (QED) is 0.434. The molecule has 0 fully saturated rings. The van der Waals surface area contributed by atoms with E-state index in [0.717, 1.165) is 0 Å². The summed E-state index contributed by atoms with van der Waals surface area (Å²) < 4.78 is 0. The Morgan fingerprint density at radius 1 is 0.800 bits per heavy atom. The maximum absolute atomic E-state index is 2.69. The Morgan fingerprint density at radius 3 is 0.800 bits per heavy atom. The third-order valence-corrected chi connectivity index (χ3v) is 0. The van der Waals surface area contributed by atoms with E-state index in [0.29, 0.717) is 0 Å². The number of rotatable bonds is 0. The average molecular weight is 376 g/mol. The second-order valence-electron chi connectivity index (χ2n) is 0. The number of hydrogen-bond acceptors (Lipinski definition) is 0. The van der Waals surface area contributed by atoms with Gasteiger partial charge in [-0.15, -0.1) is 0 Å². The van der Waals surface area contributed by atoms with E-state index in [-0.39, 0.29) is 17.1 Å². The van der Waals surface area contributed by atoms with Crippen molar-refractivity contribution in [1.82, 2.24) is 0 Å². The normalized spacial score (nSPS) is 1.20. The van der Waals surface area contributed by atoms with Crippen LogP contribution in [0.5, 0.6) is 0 Å². The van der Waals surface area contributed by atoms with Crippen LogP contribution in [0.15, 0.2) is 0 Å². The van der Waals surface area contributed by atoms with E-state index in [1.807, 2.05) is 0 Å². The predicted octanol–water partition coefficient (Wildman–Crippen LogP) is -1.90. The van der Waals surface area contributed by atoms with Crippen molar-refractivity contribution in [3.63, 3.8) is 0 Å². The molecule has 0 bridgehead atoms. The standard InChI is InChI=1S/2Ga.3Se. The zero-order valence-corrected chi connectivity index (χ0v) is 12.4. The van der Waals surface area contributed by atoms with Crippen LogP contribution in [0.25, 0.3) is 0 Å². The zero-order chi connectivity index (χ0) is 4.00. The number of hydrogen-bond donors (Lipinski definition) is 0. The fourth-order valence-electron chi connectivity index (χ4n) is 0. The van der Waals surface area contributed by atoms with Crippen LogP contribution in [0.3, 0.4) is 0 Å². The summed E-state index contributed by atoms with van der Waals surface area (Å²) in [6.07, 6.45) is 0. The summed E-state index contributed by atoms with van der Waals surface area (Å²) in [5, 5.41) is 0. The maximum Gasteiger partial charge on any atom is 0 e. The van der Waals surface area contributed by atoms with Gasteiger partial charge in [0.15, 0.2) is 0 Å². The third kappa shape index (κ3) is 19.9. The molecule has 0 rings (SSSR count). The molecule has 5 heavy (non-hydrogen) atoms. The Labute approximate surface area is 74.1 Å². The molecule has 0 aromatic rings. The van der Waals surface area contributed by atoms with Gasteiger partial charge in [0.25, 0.3) is 0 Å². The summed E-state index contributed by atoms with van der Waals surface area (Å²) in [4.78, 5) is 0. The van der Waals surface area contributed by atoms with Gasteiger partial charge in [0.2, 0.25) is 0 Å². The van der Waals surface area contributed by atoms with Gasteiger partial charge in [0, 0.05) is 17.1 Å². The molecule has 0 amide bonds. The largest absolute Gasteiger partial charge is 0 e. The van der Waals surface area contributed by atoms with E-state index in [9.17, 15) is 0 Å². The second-order valence-corrected chi connectivity index (χ2v) is 0. The van der Waals surface area contributed by atoms with Crippen molar-refractivity contribution >= 4 is 75.3 Å². The molecule has 0 atom stereocenters. The van der Waals surface area contributed by atoms with E-state index in [1.165, 1.54) is 0 Å². The summed E-state index contributed by atoms with van der Waals surface area (Å²) in [5.74, 6) is 0. The Bertz CT molecular complexity index is 6.85. The van der Waals surface area contributed by atoms with Gasteiger partial charge in [0.1, 0.15) is 0 Å². The van der Waals surface area contributed by atoms with Crippen LogP contribution in [0, 0.1) is 0 Å². The molecule has 24 valence electrons. The molecule has 0 aromatic carbocycles. The first kappa shape index (κ1) is 15.7. The van der Waals surface area contributed by atoms with Gasteiger partial charge in [-0.3, -0.25) is 0 Å². The Kier molecular flexibility index (Phi) is 90.7. The molecule has 0 N–H and O–H groups in total. The van der Waals surface area contributed by atoms with Gasteiger partial charge in [-0.25, -0.2) is 0 Å². The molecule has 0 nitrogen and oxygen atoms in total. The zero-order valence-electron chi connectivity index (χ0n) is 2.38. The summed E-state index contributed by atoms with van der Waals surface area (Å²) >= 11 is 8.50. The summed E-state index contributed by atoms with van der Waals surface area (Å²) in [6.45, 7) is 0. The van der Waals surface area contributed by atoms with Crippen molar-refractivity contribution in [2.24, 2.45) is 0 Å². The first-order valence-corrected chi connectivity index (χ1v) is 12.7. The molecule has 0 aliphatic rings. The first-order valence-electron chi connectivity index (χ1n) is 0.471. The molecule has 5 heteroatoms. The smallest absolute Gasteiger partial charge is 0 e. The maximum atomic E-state index is 2.69. The first-order chi connectivity index (χ1) is 2.00. The molecule has 0 heterocycles. The fraction of sp³-hybridized carbons (Fsp3) is 0. The van der Waals surface area contributed by atoms with Gasteiger partial charge in [-0.2, -0.15) is 0 Å². The van der Waals surface area contributed by atoms with Crippen LogP contribution < -0.4 is 0 Å². The summed E-state index contributed by atoms with van der Waals surface area (Å²) in [5.41, 5.74) is 0. The van der Waals surface area contributed by atoms with Crippen molar-refractivity contribution < 1.29 is 0 Å². The van der Waals surface area contributed by atoms with Crippen LogP contribution in [-0.2, 0) is 0 Å². The van der Waals surface area contributed by atoms with Gasteiger partial charge < -0.3 is 0 Å². The molecular weight excluding hydrogens is 376 g/mol. The molecule has 4 radical (unpaired) electrons. The van der Waals surface area contributed by atoms with Gasteiger partial charge in [-0.1, -0.05) is 0 Å². The summed E-state index contributed by atoms with van der Waals surface area (Å²) in [6, 6.07) is 0. The molecule has 0 aromatic heterocycles. The van der Waals surface area contributed by atoms with Crippen LogP contribution in [-0.4, -0.2) is 75.3 Å². The van der Waals surface area contributed by atoms with Crippen LogP contribution in [0.4, 0.5) is 0 Å². The molecule has 0 saturated carbocycles. The average Bonchev–Trinajstić information content (AvgIpc) is 1.50. The Morgan fingerprint density at radius 2 is 0.800 bits per heavy atom. The van der Waals surface area contributed by atoms with E-state index < -0.39 is 0 Å². The van der Waals surface area contributed by atoms with Crippen LogP contribution >= 0.6 is 0 Å². The van der Waals surface area contributed by atoms with E-state index in [2.05, 4.69) is 26.2 Å². The third-order valence-electron chi connectivity index (χ3n) is 0. The summed E-state index contributed by atoms with van der Waals surface area (Å²) in [7, 11) is 0. The Hall–Kier alpha value is 2.83. The van der Waals surface area contributed by atoms with Gasteiger partial charge in [-0.05, 0) is 0 Å². The van der Waals surface area contributed by atoms with Crippen LogP contribution in [0.1, 0.15) is 0 Å². The topological polar surface area (TPSA) is 0 Å². The molecular formula is Ga2Se3. The second kappa shape index (κ2) is 29.0. The van der Waals surface area contributed by atoms with E-state index >= 15 is 0 Å². The van der Waals surface area contributed by atoms with Gasteiger partial charge >= 0.3 is 58.3 Å². The minimum atomic E-state index is 0. The Balaban J connectivity index is -0.0000000133. The van der Waals surface area contributed by atoms with Crippen molar-refractivity contribution in [1.29, 1.82) is 0 Å². The molecule has 0 aliphatic heterocycles. The monoisotopic (exact) mass is 378 g/mol. The molecule has 0 aliphatic carbocycles. The van der Waals surface area contributed by atoms with E-state index in [1.54, 1.807) is 32.1 Å². The SMILES string of the molecule is [Ga]=[Se].[Ga]=[Se].[Se]. The van der Waals surface area contributed by atoms with Crippen LogP contribution in [0.2, 0.25) is 0 Å². The van der Waals surface area contributed by atoms with E-state index in [4.69, 9.17) is 0 Å². The van der Waals surface area contributed by atoms with Crippen molar-refractivity contribution in [3.05, 3.63) is 0 Å². The van der Waals surface area contributed by atoms with Crippen molar-refractivity contribution in [2.75, 3.05) is 0 Å². The predicted molar refractivity (Wildman–Crippen MR) is 28.8 cm³/mol. The van der Waals surface area contributed by atoms with Gasteiger partial charge in [0.05, 0.1) is 0 Å². The fourth-order valence-corrected chi connectivity index (χ4v) is 0. The minimum Gasteiger partial charge on any atom is 0 e. The molecule has 0 unspecified atom stereocenters. The molecule has 0 spiro atoms. The minimum absolute atomic E-state index is 0.